The summed E-state index contributed by atoms with van der Waals surface area (Å²) in [6.07, 6.45) is -3.60. The van der Waals surface area contributed by atoms with E-state index in [-0.39, 0.29) is 36.2 Å². The number of guanidine groups is 1. The molecule has 0 bridgehead atoms. The molecule has 1 aliphatic rings. The number of amides is 1. The van der Waals surface area contributed by atoms with Gasteiger partial charge in [-0.3, -0.25) is 19.9 Å². The van der Waals surface area contributed by atoms with Gasteiger partial charge in [-0.15, -0.1) is 0 Å². The summed E-state index contributed by atoms with van der Waals surface area (Å²) < 4.78 is 14.6. The molecule has 14 heteroatoms. The lowest BCUT2D eigenvalue weighted by Gasteiger charge is -2.21. The Hall–Kier alpha value is -4.24. The molecule has 0 fully saturated rings. The third-order valence-corrected chi connectivity index (χ3v) is 6.30. The second kappa shape index (κ2) is 12.7. The van der Waals surface area contributed by atoms with Crippen molar-refractivity contribution in [2.75, 3.05) is 25.0 Å². The molecule has 1 amide bonds. The van der Waals surface area contributed by atoms with E-state index in [9.17, 15) is 39.5 Å². The van der Waals surface area contributed by atoms with Crippen molar-refractivity contribution in [3.63, 3.8) is 0 Å². The first-order chi connectivity index (χ1) is 19.1. The van der Waals surface area contributed by atoms with Gasteiger partial charge in [0.2, 0.25) is 5.91 Å². The highest BCUT2D eigenvalue weighted by molar-refractivity contribution is 5.94. The van der Waals surface area contributed by atoms with Crippen LogP contribution in [-0.2, 0) is 9.59 Å². The molecule has 40 heavy (non-hydrogen) atoms. The number of β-amino-alcohol motifs (C(OH)–C–C–N with tert-alkyl or cyclic N) is 1. The fourth-order valence-electron chi connectivity index (χ4n) is 4.20. The average molecular weight is 559 g/mol. The molecular weight excluding hydrogens is 527 g/mol. The molecule has 214 valence electrons. The number of aliphatic carboxylic acids is 1. The number of phenolic OH excluding ortho intramolecular Hbond substituents is 1. The summed E-state index contributed by atoms with van der Waals surface area (Å²) in [5.41, 5.74) is 0.969. The zero-order valence-electron chi connectivity index (χ0n) is 21.3. The molecule has 4 atom stereocenters. The smallest absolute Gasteiger partial charge is 0.322 e. The van der Waals surface area contributed by atoms with Crippen molar-refractivity contribution in [1.29, 1.82) is 0 Å². The van der Waals surface area contributed by atoms with Gasteiger partial charge in [-0.05, 0) is 36.2 Å². The molecule has 0 spiro atoms. The van der Waals surface area contributed by atoms with Crippen molar-refractivity contribution in [2.24, 2.45) is 4.99 Å². The number of aliphatic imine (C=N–C) groups is 1. The fraction of sp³-hybridized carbons (Fsp3) is 0.346. The molecule has 4 rings (SSSR count). The van der Waals surface area contributed by atoms with Gasteiger partial charge in [-0.1, -0.05) is 12.1 Å². The van der Waals surface area contributed by atoms with Gasteiger partial charge in [0.25, 0.3) is 0 Å². The highest BCUT2D eigenvalue weighted by Crippen LogP contribution is 2.27. The number of nitrogens with one attached hydrogen (secondary N) is 5. The van der Waals surface area contributed by atoms with E-state index in [1.807, 2.05) is 0 Å². The van der Waals surface area contributed by atoms with Crippen LogP contribution in [0.25, 0.3) is 10.9 Å². The number of aromatic hydroxyl groups is 1. The van der Waals surface area contributed by atoms with Crippen molar-refractivity contribution in [1.82, 2.24) is 20.9 Å². The Labute approximate surface area is 227 Å². The first-order valence-corrected chi connectivity index (χ1v) is 12.6. The summed E-state index contributed by atoms with van der Waals surface area (Å²) in [5.74, 6) is -2.38. The number of fused-ring (bicyclic) bond motifs is 1. The predicted molar refractivity (Wildman–Crippen MR) is 143 cm³/mol. The second-order valence-corrected chi connectivity index (χ2v) is 9.38. The van der Waals surface area contributed by atoms with E-state index in [2.05, 4.69) is 31.2 Å². The molecule has 10 N–H and O–H groups in total. The van der Waals surface area contributed by atoms with Crippen LogP contribution >= 0.6 is 0 Å². The topological polar surface area (TPSA) is 212 Å². The van der Waals surface area contributed by atoms with Crippen LogP contribution in [0.4, 0.5) is 10.1 Å². The molecule has 0 saturated heterocycles. The van der Waals surface area contributed by atoms with Crippen LogP contribution in [0.5, 0.6) is 5.75 Å². The number of benzene rings is 2. The van der Waals surface area contributed by atoms with E-state index in [4.69, 9.17) is 0 Å². The minimum atomic E-state index is -1.68. The third-order valence-electron chi connectivity index (χ3n) is 6.30. The molecule has 0 aliphatic carbocycles. The number of carbonyl (C=O) groups is 2. The number of aliphatic hydroxyl groups is 3. The number of anilines is 1. The number of carboxylic acid groups (broad SMARTS) is 1. The quantitative estimate of drug-likeness (QED) is 0.146. The van der Waals surface area contributed by atoms with Crippen molar-refractivity contribution in [2.45, 2.75) is 37.3 Å². The van der Waals surface area contributed by atoms with Crippen LogP contribution in [0, 0.1) is 5.82 Å². The van der Waals surface area contributed by atoms with Gasteiger partial charge in [0.05, 0.1) is 24.4 Å². The van der Waals surface area contributed by atoms with Crippen LogP contribution in [0.2, 0.25) is 0 Å². The number of aromatic nitrogens is 1. The minimum absolute atomic E-state index is 0.0335. The predicted octanol–water partition coefficient (Wildman–Crippen LogP) is 0.408. The Bertz CT molecular complexity index is 1400. The first kappa shape index (κ1) is 28.8. The molecule has 1 aliphatic heterocycles. The largest absolute Gasteiger partial charge is 0.508 e. The highest BCUT2D eigenvalue weighted by atomic mass is 19.1. The second-order valence-electron chi connectivity index (χ2n) is 9.38. The summed E-state index contributed by atoms with van der Waals surface area (Å²) in [4.78, 5) is 30.9. The van der Waals surface area contributed by atoms with Crippen molar-refractivity contribution in [3.8, 4) is 5.75 Å². The Morgan fingerprint density at radius 3 is 2.65 bits per heavy atom. The number of carbonyl (C=O) groups excluding carboxylic acids is 1. The molecule has 2 heterocycles. The summed E-state index contributed by atoms with van der Waals surface area (Å²) >= 11 is 0. The Morgan fingerprint density at radius 1 is 1.18 bits per heavy atom. The van der Waals surface area contributed by atoms with Crippen LogP contribution in [0.1, 0.15) is 36.4 Å². The van der Waals surface area contributed by atoms with Gasteiger partial charge < -0.3 is 46.5 Å². The lowest BCUT2D eigenvalue weighted by atomic mass is 10.0. The van der Waals surface area contributed by atoms with E-state index < -0.39 is 48.7 Å². The van der Waals surface area contributed by atoms with Gasteiger partial charge >= 0.3 is 5.97 Å². The van der Waals surface area contributed by atoms with E-state index in [1.165, 1.54) is 18.2 Å². The number of carboxylic acids is 1. The van der Waals surface area contributed by atoms with E-state index >= 15 is 0 Å². The normalized spacial score (nSPS) is 17.4. The maximum absolute atomic E-state index is 14.6. The number of H-pyrrole nitrogens is 1. The fourth-order valence-corrected chi connectivity index (χ4v) is 4.20. The molecule has 13 nitrogen and oxygen atoms in total. The van der Waals surface area contributed by atoms with Gasteiger partial charge in [-0.25, -0.2) is 4.39 Å². The molecule has 2 aromatic carbocycles. The number of hydrogen-bond donors (Lipinski definition) is 10. The zero-order valence-corrected chi connectivity index (χ0v) is 21.3. The first-order valence-electron chi connectivity index (χ1n) is 12.6. The van der Waals surface area contributed by atoms with Crippen LogP contribution in [0.15, 0.2) is 47.5 Å². The number of rotatable bonds is 11. The van der Waals surface area contributed by atoms with Gasteiger partial charge in [0, 0.05) is 42.2 Å². The summed E-state index contributed by atoms with van der Waals surface area (Å²) in [6.45, 7) is 0.120. The molecular formula is C26H31FN6O7. The number of aromatic amines is 1. The average Bonchev–Trinajstić information content (AvgIpc) is 3.27. The zero-order chi connectivity index (χ0) is 28.8. The molecule has 0 radical (unpaired) electrons. The number of para-hydroxylation sites is 1. The molecule has 1 aromatic heterocycles. The number of phenols is 1. The van der Waals surface area contributed by atoms with Gasteiger partial charge in [-0.2, -0.15) is 0 Å². The van der Waals surface area contributed by atoms with Crippen molar-refractivity contribution >= 4 is 34.4 Å². The van der Waals surface area contributed by atoms with Crippen LogP contribution in [0.3, 0.4) is 0 Å². The Kier molecular flexibility index (Phi) is 9.16. The van der Waals surface area contributed by atoms with Gasteiger partial charge in [0.15, 0.2) is 11.8 Å². The number of hydrogen-bond acceptors (Lipinski definition) is 10. The van der Waals surface area contributed by atoms with Gasteiger partial charge in [0.1, 0.15) is 18.0 Å². The maximum atomic E-state index is 14.6. The molecule has 0 saturated carbocycles. The SMILES string of the molecule is O=C(CCC(O)c1cc(O)cc(NC2=NCC(O)CN2)c1)NC[C@H](NC(O)c1[nH]c2ccccc2c1F)C(=O)O. The minimum Gasteiger partial charge on any atom is -0.508 e. The number of nitrogens with zero attached hydrogens (tertiary/aromatic N) is 1. The molecule has 3 unspecified atom stereocenters. The molecule has 3 aromatic rings. The van der Waals surface area contributed by atoms with Crippen molar-refractivity contribution < 1.29 is 39.5 Å². The van der Waals surface area contributed by atoms with E-state index in [0.717, 1.165) is 0 Å². The number of aliphatic hydroxyl groups excluding tert-OH is 3. The van der Waals surface area contributed by atoms with Crippen LogP contribution in [-0.4, -0.2) is 80.1 Å². The highest BCUT2D eigenvalue weighted by Gasteiger charge is 2.26. The summed E-state index contributed by atoms with van der Waals surface area (Å²) in [7, 11) is 0. The van der Waals surface area contributed by atoms with Crippen molar-refractivity contribution in [3.05, 3.63) is 59.5 Å². The van der Waals surface area contributed by atoms with E-state index in [1.54, 1.807) is 24.3 Å². The lowest BCUT2D eigenvalue weighted by Crippen LogP contribution is -2.47. The summed E-state index contributed by atoms with van der Waals surface area (Å²) in [5, 5.41) is 61.0. The maximum Gasteiger partial charge on any atom is 0.322 e. The van der Waals surface area contributed by atoms with E-state index in [0.29, 0.717) is 29.3 Å². The standard InChI is InChI=1S/C26H31FN6O7/c27-22-17-3-1-2-4-18(17)32-23(22)24(38)33-19(25(39)40)12-28-21(37)6-5-20(36)13-7-14(9-15(34)8-13)31-26-29-10-16(35)11-30-26/h1-4,7-9,16,19-20,24,32-36,38H,5-6,10-12H2,(H,28,37)(H,39,40)(H2,29,30,31)/t19-,20?,24?/m0/s1. The Morgan fingerprint density at radius 2 is 1.95 bits per heavy atom. The van der Waals surface area contributed by atoms with Crippen LogP contribution < -0.4 is 21.3 Å². The summed E-state index contributed by atoms with van der Waals surface area (Å²) in [6, 6.07) is 9.35. The lowest BCUT2D eigenvalue weighted by molar-refractivity contribution is -0.140. The third kappa shape index (κ3) is 7.24. The monoisotopic (exact) mass is 558 g/mol. The number of halogens is 1. The Balaban J connectivity index is 1.29.